The Morgan fingerprint density at radius 1 is 0.360 bits per heavy atom. The zero-order chi connectivity index (χ0) is 33.0. The Balaban J connectivity index is 1.25. The predicted molar refractivity (Wildman–Crippen MR) is 207 cm³/mol. The molecule has 0 spiro atoms. The number of rotatable bonds is 5. The van der Waals surface area contributed by atoms with Gasteiger partial charge in [-0.15, -0.1) is 11.3 Å². The fourth-order valence-electron chi connectivity index (χ4n) is 6.95. The summed E-state index contributed by atoms with van der Waals surface area (Å²) < 4.78 is 8.75. The van der Waals surface area contributed by atoms with Crippen molar-refractivity contribution in [2.45, 2.75) is 0 Å². The van der Waals surface area contributed by atoms with Crippen molar-refractivity contribution in [2.24, 2.45) is 0 Å². The summed E-state index contributed by atoms with van der Waals surface area (Å²) in [6.45, 7) is 0. The van der Waals surface area contributed by atoms with Gasteiger partial charge in [0.2, 0.25) is 0 Å². The summed E-state index contributed by atoms with van der Waals surface area (Å²) in [4.78, 5) is 15.3. The number of benzene rings is 7. The van der Waals surface area contributed by atoms with E-state index >= 15 is 0 Å². The van der Waals surface area contributed by atoms with Gasteiger partial charge in [0, 0.05) is 47.6 Å². The third-order valence-electron chi connectivity index (χ3n) is 9.36. The molecule has 0 aliphatic carbocycles. The monoisotopic (exact) mass is 657 g/mol. The van der Waals surface area contributed by atoms with E-state index in [1.165, 1.54) is 25.7 Å². The first kappa shape index (κ1) is 28.6. The van der Waals surface area contributed by atoms with Gasteiger partial charge in [-0.05, 0) is 52.6 Å². The Morgan fingerprint density at radius 3 is 1.74 bits per heavy atom. The Morgan fingerprint density at radius 2 is 0.960 bits per heavy atom. The largest absolute Gasteiger partial charge is 0.456 e. The van der Waals surface area contributed by atoms with Gasteiger partial charge in [0.15, 0.2) is 17.5 Å². The molecular formula is C45H27N3OS. The molecule has 0 aliphatic heterocycles. The molecule has 3 aromatic heterocycles. The molecule has 234 valence electrons. The highest BCUT2D eigenvalue weighted by Crippen LogP contribution is 2.43. The fourth-order valence-corrected chi connectivity index (χ4v) is 8.18. The number of furan rings is 1. The maximum absolute atomic E-state index is 6.20. The van der Waals surface area contributed by atoms with Gasteiger partial charge in [-0.3, -0.25) is 0 Å². The van der Waals surface area contributed by atoms with Crippen molar-refractivity contribution < 1.29 is 4.42 Å². The predicted octanol–water partition coefficient (Wildman–Crippen LogP) is 12.5. The Labute approximate surface area is 292 Å². The highest BCUT2D eigenvalue weighted by atomic mass is 32.1. The van der Waals surface area contributed by atoms with E-state index in [0.29, 0.717) is 17.5 Å². The second-order valence-electron chi connectivity index (χ2n) is 12.4. The SMILES string of the molecule is c1ccc(-c2nc(-c3ccccc3)nc(-c3cc(-c4cccc5c4sc4ccccc45)ccc3-c3ccc4oc5ccccc5c4c3)n2)cc1. The molecular weight excluding hydrogens is 631 g/mol. The van der Waals surface area contributed by atoms with Crippen molar-refractivity contribution >= 4 is 53.4 Å². The van der Waals surface area contributed by atoms with E-state index in [0.717, 1.165) is 55.3 Å². The van der Waals surface area contributed by atoms with Crippen molar-refractivity contribution in [3.8, 4) is 56.4 Å². The molecule has 3 heterocycles. The van der Waals surface area contributed by atoms with Crippen LogP contribution in [-0.2, 0) is 0 Å². The highest BCUT2D eigenvalue weighted by Gasteiger charge is 2.19. The van der Waals surface area contributed by atoms with E-state index in [4.69, 9.17) is 19.4 Å². The van der Waals surface area contributed by atoms with Gasteiger partial charge in [-0.25, -0.2) is 15.0 Å². The van der Waals surface area contributed by atoms with Crippen LogP contribution in [-0.4, -0.2) is 15.0 Å². The third kappa shape index (κ3) is 4.79. The van der Waals surface area contributed by atoms with Crippen molar-refractivity contribution in [3.05, 3.63) is 164 Å². The maximum atomic E-state index is 6.20. The molecule has 0 radical (unpaired) electrons. The number of hydrogen-bond donors (Lipinski definition) is 0. The molecule has 0 saturated carbocycles. The summed E-state index contributed by atoms with van der Waals surface area (Å²) in [5.41, 5.74) is 8.95. The minimum absolute atomic E-state index is 0.621. The molecule has 50 heavy (non-hydrogen) atoms. The van der Waals surface area contributed by atoms with Crippen LogP contribution in [0.2, 0.25) is 0 Å². The number of nitrogens with zero attached hydrogens (tertiary/aromatic N) is 3. The van der Waals surface area contributed by atoms with Crippen molar-refractivity contribution in [3.63, 3.8) is 0 Å². The molecule has 0 N–H and O–H groups in total. The first-order valence-electron chi connectivity index (χ1n) is 16.6. The van der Waals surface area contributed by atoms with Crippen molar-refractivity contribution in [1.82, 2.24) is 15.0 Å². The molecule has 0 fully saturated rings. The standard InChI is InChI=1S/C45H27N3OS/c1-3-12-28(13-4-1)43-46-44(29-14-5-2-6-15-29)48-45(47-43)38-27-31(33-18-11-19-36-35-17-8-10-21-41(35)50-42(33)36)22-24-32(38)30-23-25-40-37(26-30)34-16-7-9-20-39(34)49-40/h1-27H. The minimum Gasteiger partial charge on any atom is -0.456 e. The molecule has 10 rings (SSSR count). The number of fused-ring (bicyclic) bond motifs is 6. The Hall–Kier alpha value is -6.43. The molecule has 0 unspecified atom stereocenters. The van der Waals surface area contributed by atoms with Gasteiger partial charge in [0.25, 0.3) is 0 Å². The third-order valence-corrected chi connectivity index (χ3v) is 10.6. The lowest BCUT2D eigenvalue weighted by Gasteiger charge is -2.14. The van der Waals surface area contributed by atoms with Gasteiger partial charge in [0.1, 0.15) is 11.2 Å². The lowest BCUT2D eigenvalue weighted by atomic mass is 9.93. The zero-order valence-corrected chi connectivity index (χ0v) is 27.6. The fraction of sp³-hybridized carbons (Fsp3) is 0. The Bertz CT molecular complexity index is 2820. The molecule has 7 aromatic carbocycles. The van der Waals surface area contributed by atoms with Crippen LogP contribution in [0.4, 0.5) is 0 Å². The molecule has 0 atom stereocenters. The number of aromatic nitrogens is 3. The van der Waals surface area contributed by atoms with Gasteiger partial charge in [-0.2, -0.15) is 0 Å². The van der Waals surface area contributed by atoms with Crippen LogP contribution in [0.5, 0.6) is 0 Å². The highest BCUT2D eigenvalue weighted by molar-refractivity contribution is 7.26. The van der Waals surface area contributed by atoms with Gasteiger partial charge < -0.3 is 4.42 Å². The minimum atomic E-state index is 0.621. The topological polar surface area (TPSA) is 51.8 Å². The molecule has 0 saturated heterocycles. The lowest BCUT2D eigenvalue weighted by Crippen LogP contribution is -2.01. The molecule has 0 amide bonds. The van der Waals surface area contributed by atoms with Gasteiger partial charge in [-0.1, -0.05) is 133 Å². The summed E-state index contributed by atoms with van der Waals surface area (Å²) in [6.07, 6.45) is 0. The van der Waals surface area contributed by atoms with E-state index in [-0.39, 0.29) is 0 Å². The van der Waals surface area contributed by atoms with Crippen molar-refractivity contribution in [2.75, 3.05) is 0 Å². The first-order valence-corrected chi connectivity index (χ1v) is 17.4. The average Bonchev–Trinajstić information content (AvgIpc) is 3.76. The number of para-hydroxylation sites is 1. The van der Waals surface area contributed by atoms with Crippen LogP contribution in [0, 0.1) is 0 Å². The second kappa shape index (κ2) is 11.6. The van der Waals surface area contributed by atoms with Crippen LogP contribution in [0.3, 0.4) is 0 Å². The average molecular weight is 658 g/mol. The van der Waals surface area contributed by atoms with Crippen LogP contribution in [0.25, 0.3) is 98.5 Å². The molecule has 4 nitrogen and oxygen atoms in total. The second-order valence-corrected chi connectivity index (χ2v) is 13.4. The maximum Gasteiger partial charge on any atom is 0.164 e. The van der Waals surface area contributed by atoms with Crippen molar-refractivity contribution in [1.29, 1.82) is 0 Å². The molecule has 0 bridgehead atoms. The Kier molecular flexibility index (Phi) is 6.64. The van der Waals surface area contributed by atoms with E-state index < -0.39 is 0 Å². The lowest BCUT2D eigenvalue weighted by molar-refractivity contribution is 0.669. The summed E-state index contributed by atoms with van der Waals surface area (Å²) in [6, 6.07) is 56.8. The van der Waals surface area contributed by atoms with Crippen LogP contribution < -0.4 is 0 Å². The van der Waals surface area contributed by atoms with E-state index in [9.17, 15) is 0 Å². The van der Waals surface area contributed by atoms with Crippen LogP contribution in [0.1, 0.15) is 0 Å². The zero-order valence-electron chi connectivity index (χ0n) is 26.7. The van der Waals surface area contributed by atoms with Crippen LogP contribution >= 0.6 is 11.3 Å². The molecule has 10 aromatic rings. The normalized spacial score (nSPS) is 11.6. The smallest absolute Gasteiger partial charge is 0.164 e. The summed E-state index contributed by atoms with van der Waals surface area (Å²) >= 11 is 1.84. The number of thiophene rings is 1. The van der Waals surface area contributed by atoms with E-state index in [1.807, 2.05) is 84.1 Å². The summed E-state index contributed by atoms with van der Waals surface area (Å²) in [5.74, 6) is 1.89. The summed E-state index contributed by atoms with van der Waals surface area (Å²) in [5, 5.41) is 4.72. The summed E-state index contributed by atoms with van der Waals surface area (Å²) in [7, 11) is 0. The quantitative estimate of drug-likeness (QED) is 0.185. The molecule has 0 aliphatic rings. The van der Waals surface area contributed by atoms with Crippen LogP contribution in [0.15, 0.2) is 168 Å². The first-order chi connectivity index (χ1) is 24.8. The molecule has 5 heteroatoms. The van der Waals surface area contributed by atoms with Gasteiger partial charge in [0.05, 0.1) is 0 Å². The van der Waals surface area contributed by atoms with E-state index in [2.05, 4.69) is 91.0 Å². The van der Waals surface area contributed by atoms with Gasteiger partial charge >= 0.3 is 0 Å². The van der Waals surface area contributed by atoms with E-state index in [1.54, 1.807) is 0 Å². The number of hydrogen-bond acceptors (Lipinski definition) is 5.